The van der Waals surface area contributed by atoms with Crippen molar-refractivity contribution in [3.8, 4) is 0 Å². The van der Waals surface area contributed by atoms with Crippen molar-refractivity contribution in [2.45, 2.75) is 32.0 Å². The zero-order chi connectivity index (χ0) is 13.2. The molecule has 0 bridgehead atoms. The van der Waals surface area contributed by atoms with Crippen LogP contribution in [0.1, 0.15) is 13.8 Å². The summed E-state index contributed by atoms with van der Waals surface area (Å²) < 4.78 is 0. The Balaban J connectivity index is 1.67. The Hall–Kier alpha value is -1.42. The number of nitrogens with zero attached hydrogens (tertiary/aromatic N) is 1. The zero-order valence-electron chi connectivity index (χ0n) is 11.8. The van der Waals surface area contributed by atoms with Crippen LogP contribution in [0.4, 0.5) is 0 Å². The first-order valence-corrected chi connectivity index (χ1v) is 7.30. The van der Waals surface area contributed by atoms with E-state index in [1.165, 1.54) is 5.82 Å². The molecule has 1 aliphatic carbocycles. The minimum absolute atomic E-state index is 0.373. The van der Waals surface area contributed by atoms with Gasteiger partial charge in [0.15, 0.2) is 0 Å². The molecular formula is C15H24N4. The number of hydrogen-bond acceptors (Lipinski definition) is 4. The molecule has 104 valence electrons. The van der Waals surface area contributed by atoms with Gasteiger partial charge in [-0.25, -0.2) is 0 Å². The molecule has 0 spiro atoms. The molecule has 3 aliphatic rings. The predicted molar refractivity (Wildman–Crippen MR) is 78.4 cm³/mol. The average Bonchev–Trinajstić information content (AvgIpc) is 2.47. The lowest BCUT2D eigenvalue weighted by molar-refractivity contribution is 0.194. The van der Waals surface area contributed by atoms with Gasteiger partial charge in [0, 0.05) is 31.9 Å². The Morgan fingerprint density at radius 3 is 2.79 bits per heavy atom. The van der Waals surface area contributed by atoms with Gasteiger partial charge >= 0.3 is 0 Å². The summed E-state index contributed by atoms with van der Waals surface area (Å²) in [5.74, 6) is 1.90. The first-order chi connectivity index (χ1) is 9.24. The first kappa shape index (κ1) is 12.6. The Labute approximate surface area is 115 Å². The fraction of sp³-hybridized carbons (Fsp3) is 0.600. The second-order valence-corrected chi connectivity index (χ2v) is 5.91. The lowest BCUT2D eigenvalue weighted by Gasteiger charge is -2.42. The van der Waals surface area contributed by atoms with E-state index in [1.54, 1.807) is 0 Å². The fourth-order valence-corrected chi connectivity index (χ4v) is 2.92. The summed E-state index contributed by atoms with van der Waals surface area (Å²) in [6.07, 6.45) is 10.8. The second kappa shape index (κ2) is 5.29. The number of fused-ring (bicyclic) bond motifs is 1. The highest BCUT2D eigenvalue weighted by Gasteiger charge is 2.28. The summed E-state index contributed by atoms with van der Waals surface area (Å²) in [4.78, 5) is 2.45. The van der Waals surface area contributed by atoms with E-state index in [1.807, 2.05) is 0 Å². The number of nitrogens with one attached hydrogen (secondary N) is 3. The van der Waals surface area contributed by atoms with Gasteiger partial charge in [0.2, 0.25) is 0 Å². The molecule has 3 unspecified atom stereocenters. The number of allylic oxidation sites excluding steroid dienone is 2. The van der Waals surface area contributed by atoms with Gasteiger partial charge < -0.3 is 20.9 Å². The van der Waals surface area contributed by atoms with Crippen molar-refractivity contribution in [3.05, 3.63) is 36.3 Å². The van der Waals surface area contributed by atoms with Crippen molar-refractivity contribution in [2.75, 3.05) is 19.6 Å². The van der Waals surface area contributed by atoms with E-state index in [4.69, 9.17) is 0 Å². The molecule has 19 heavy (non-hydrogen) atoms. The number of piperazine rings is 1. The predicted octanol–water partition coefficient (Wildman–Crippen LogP) is 0.771. The maximum Gasteiger partial charge on any atom is 0.118 e. The molecule has 4 heteroatoms. The molecule has 1 saturated heterocycles. The molecule has 0 amide bonds. The van der Waals surface area contributed by atoms with Crippen LogP contribution in [0.25, 0.3) is 0 Å². The third kappa shape index (κ3) is 2.63. The molecule has 0 aromatic carbocycles. The van der Waals surface area contributed by atoms with E-state index in [2.05, 4.69) is 65.2 Å². The largest absolute Gasteiger partial charge is 0.379 e. The lowest BCUT2D eigenvalue weighted by Crippen LogP contribution is -2.58. The normalized spacial score (nSPS) is 33.5. The summed E-state index contributed by atoms with van der Waals surface area (Å²) in [6, 6.07) is 1.34. The van der Waals surface area contributed by atoms with E-state index in [9.17, 15) is 0 Å². The molecule has 3 N–H and O–H groups in total. The van der Waals surface area contributed by atoms with E-state index in [0.29, 0.717) is 24.0 Å². The van der Waals surface area contributed by atoms with Crippen molar-refractivity contribution < 1.29 is 0 Å². The summed E-state index contributed by atoms with van der Waals surface area (Å²) in [5, 5.41) is 10.7. The summed E-state index contributed by atoms with van der Waals surface area (Å²) in [5.41, 5.74) is 0. The quantitative estimate of drug-likeness (QED) is 0.686. The van der Waals surface area contributed by atoms with Crippen LogP contribution < -0.4 is 16.0 Å². The molecule has 3 rings (SSSR count). The molecule has 0 aromatic heterocycles. The van der Waals surface area contributed by atoms with Crippen molar-refractivity contribution >= 4 is 0 Å². The van der Waals surface area contributed by atoms with Crippen LogP contribution in [0.15, 0.2) is 36.3 Å². The third-order valence-corrected chi connectivity index (χ3v) is 4.21. The van der Waals surface area contributed by atoms with Crippen LogP contribution in [0.3, 0.4) is 0 Å². The van der Waals surface area contributed by atoms with Gasteiger partial charge in [-0.3, -0.25) is 0 Å². The van der Waals surface area contributed by atoms with Gasteiger partial charge in [-0.05, 0) is 5.92 Å². The van der Waals surface area contributed by atoms with Crippen molar-refractivity contribution in [3.63, 3.8) is 0 Å². The SMILES string of the molecule is CC(C)C1CN(C2=CNC3C=CC=CC3N2)CCN1. The van der Waals surface area contributed by atoms with Crippen LogP contribution >= 0.6 is 0 Å². The van der Waals surface area contributed by atoms with E-state index >= 15 is 0 Å². The second-order valence-electron chi connectivity index (χ2n) is 5.91. The van der Waals surface area contributed by atoms with E-state index in [0.717, 1.165) is 19.6 Å². The smallest absolute Gasteiger partial charge is 0.118 e. The topological polar surface area (TPSA) is 39.3 Å². The highest BCUT2D eigenvalue weighted by molar-refractivity contribution is 5.25. The van der Waals surface area contributed by atoms with Gasteiger partial charge in [0.05, 0.1) is 12.1 Å². The first-order valence-electron chi connectivity index (χ1n) is 7.30. The minimum atomic E-state index is 0.373. The monoisotopic (exact) mass is 260 g/mol. The van der Waals surface area contributed by atoms with Crippen LogP contribution in [0.5, 0.6) is 0 Å². The molecule has 2 heterocycles. The Kier molecular flexibility index (Phi) is 3.51. The van der Waals surface area contributed by atoms with Crippen LogP contribution in [0, 0.1) is 5.92 Å². The summed E-state index contributed by atoms with van der Waals surface area (Å²) in [7, 11) is 0. The third-order valence-electron chi connectivity index (χ3n) is 4.21. The van der Waals surface area contributed by atoms with Gasteiger partial charge in [0.25, 0.3) is 0 Å². The van der Waals surface area contributed by atoms with Gasteiger partial charge in [0.1, 0.15) is 5.82 Å². The zero-order valence-corrected chi connectivity index (χ0v) is 11.8. The maximum absolute atomic E-state index is 3.64. The van der Waals surface area contributed by atoms with E-state index in [-0.39, 0.29) is 0 Å². The fourth-order valence-electron chi connectivity index (χ4n) is 2.92. The van der Waals surface area contributed by atoms with Crippen molar-refractivity contribution in [1.29, 1.82) is 0 Å². The van der Waals surface area contributed by atoms with Gasteiger partial charge in [-0.1, -0.05) is 38.2 Å². The van der Waals surface area contributed by atoms with Gasteiger partial charge in [-0.2, -0.15) is 0 Å². The lowest BCUT2D eigenvalue weighted by atomic mass is 10.0. The summed E-state index contributed by atoms with van der Waals surface area (Å²) in [6.45, 7) is 7.78. The standard InChI is InChI=1S/C15H24N4/c1-11(2)14-10-19(8-7-16-14)15-9-17-12-5-3-4-6-13(12)18-15/h3-6,9,11-14,16-18H,7-8,10H2,1-2H3. The van der Waals surface area contributed by atoms with Crippen LogP contribution in [-0.4, -0.2) is 42.7 Å². The van der Waals surface area contributed by atoms with E-state index < -0.39 is 0 Å². The molecule has 3 atom stereocenters. The van der Waals surface area contributed by atoms with Crippen molar-refractivity contribution in [2.24, 2.45) is 5.92 Å². The Bertz CT molecular complexity index is 410. The molecule has 0 saturated carbocycles. The highest BCUT2D eigenvalue weighted by Crippen LogP contribution is 2.16. The van der Waals surface area contributed by atoms with Gasteiger partial charge in [-0.15, -0.1) is 0 Å². The minimum Gasteiger partial charge on any atom is -0.379 e. The molecule has 0 radical (unpaired) electrons. The average molecular weight is 260 g/mol. The molecule has 1 fully saturated rings. The molecule has 0 aromatic rings. The Morgan fingerprint density at radius 2 is 2.00 bits per heavy atom. The molecular weight excluding hydrogens is 236 g/mol. The summed E-state index contributed by atoms with van der Waals surface area (Å²) >= 11 is 0. The van der Waals surface area contributed by atoms with Crippen LogP contribution in [-0.2, 0) is 0 Å². The number of rotatable bonds is 2. The van der Waals surface area contributed by atoms with Crippen LogP contribution in [0.2, 0.25) is 0 Å². The van der Waals surface area contributed by atoms with Crippen molar-refractivity contribution in [1.82, 2.24) is 20.9 Å². The Morgan fingerprint density at radius 1 is 1.21 bits per heavy atom. The molecule has 4 nitrogen and oxygen atoms in total. The highest BCUT2D eigenvalue weighted by atomic mass is 15.3. The molecule has 2 aliphatic heterocycles. The maximum atomic E-state index is 3.64. The number of hydrogen-bond donors (Lipinski definition) is 3.